The minimum atomic E-state index is -0.525. The Morgan fingerprint density at radius 2 is 2.00 bits per heavy atom. The lowest BCUT2D eigenvalue weighted by molar-refractivity contribution is -0.384. The molecule has 0 atom stereocenters. The molecule has 1 aliphatic rings. The molecular formula is C16H15ClN2O5. The van der Waals surface area contributed by atoms with Gasteiger partial charge in [-0.1, -0.05) is 11.6 Å². The van der Waals surface area contributed by atoms with Gasteiger partial charge >= 0.3 is 0 Å². The smallest absolute Gasteiger partial charge is 0.281 e. The van der Waals surface area contributed by atoms with Gasteiger partial charge in [0.05, 0.1) is 29.3 Å². The van der Waals surface area contributed by atoms with Crippen molar-refractivity contribution in [3.8, 4) is 11.3 Å². The largest absolute Gasteiger partial charge is 0.460 e. The maximum absolute atomic E-state index is 12.6. The van der Waals surface area contributed by atoms with Crippen LogP contribution in [0, 0.1) is 17.0 Å². The summed E-state index contributed by atoms with van der Waals surface area (Å²) in [6.45, 7) is 3.69. The highest BCUT2D eigenvalue weighted by molar-refractivity contribution is 6.30. The van der Waals surface area contributed by atoms with Crippen LogP contribution in [0.25, 0.3) is 11.3 Å². The van der Waals surface area contributed by atoms with Crippen LogP contribution in [0.5, 0.6) is 0 Å². The number of ether oxygens (including phenoxy) is 1. The Bertz CT molecular complexity index is 796. The first-order chi connectivity index (χ1) is 11.5. The summed E-state index contributed by atoms with van der Waals surface area (Å²) in [5, 5.41) is 11.5. The maximum Gasteiger partial charge on any atom is 0.281 e. The van der Waals surface area contributed by atoms with E-state index in [1.807, 2.05) is 0 Å². The van der Waals surface area contributed by atoms with Crippen molar-refractivity contribution in [2.24, 2.45) is 0 Å². The first-order valence-electron chi connectivity index (χ1n) is 7.39. The van der Waals surface area contributed by atoms with Crippen molar-refractivity contribution in [2.75, 3.05) is 26.3 Å². The number of hydrogen-bond acceptors (Lipinski definition) is 5. The van der Waals surface area contributed by atoms with E-state index >= 15 is 0 Å². The second-order valence-corrected chi connectivity index (χ2v) is 5.84. The van der Waals surface area contributed by atoms with E-state index in [2.05, 4.69) is 0 Å². The van der Waals surface area contributed by atoms with Gasteiger partial charge in [-0.05, 0) is 25.1 Å². The van der Waals surface area contributed by atoms with Gasteiger partial charge in [-0.3, -0.25) is 14.9 Å². The number of nitrogens with zero attached hydrogens (tertiary/aromatic N) is 2. The quantitative estimate of drug-likeness (QED) is 0.626. The molecule has 1 saturated heterocycles. The van der Waals surface area contributed by atoms with Crippen LogP contribution in [0.1, 0.15) is 16.1 Å². The van der Waals surface area contributed by atoms with Gasteiger partial charge in [0.15, 0.2) is 0 Å². The molecule has 0 N–H and O–H groups in total. The number of nitro groups is 1. The van der Waals surface area contributed by atoms with Gasteiger partial charge in [-0.2, -0.15) is 0 Å². The molecule has 1 aliphatic heterocycles. The second-order valence-electron chi connectivity index (χ2n) is 5.40. The van der Waals surface area contributed by atoms with E-state index in [-0.39, 0.29) is 27.9 Å². The maximum atomic E-state index is 12.6. The van der Waals surface area contributed by atoms with Crippen LogP contribution in [0.15, 0.2) is 28.7 Å². The van der Waals surface area contributed by atoms with E-state index in [0.717, 1.165) is 0 Å². The van der Waals surface area contributed by atoms with Gasteiger partial charge in [0, 0.05) is 24.2 Å². The average molecular weight is 351 g/mol. The average Bonchev–Trinajstić information content (AvgIpc) is 2.96. The van der Waals surface area contributed by atoms with E-state index in [9.17, 15) is 14.9 Å². The van der Waals surface area contributed by atoms with Crippen LogP contribution in [-0.4, -0.2) is 42.0 Å². The number of rotatable bonds is 3. The zero-order valence-electron chi connectivity index (χ0n) is 13.0. The van der Waals surface area contributed by atoms with Crippen molar-refractivity contribution in [3.63, 3.8) is 0 Å². The predicted octanol–water partition coefficient (Wildman–Crippen LogP) is 3.29. The molecule has 1 fully saturated rings. The normalized spacial score (nSPS) is 14.7. The summed E-state index contributed by atoms with van der Waals surface area (Å²) >= 11 is 5.83. The van der Waals surface area contributed by atoms with Crippen molar-refractivity contribution < 1.29 is 18.9 Å². The van der Waals surface area contributed by atoms with Crippen molar-refractivity contribution in [2.45, 2.75) is 6.92 Å². The fourth-order valence-corrected chi connectivity index (χ4v) is 2.79. The molecule has 1 aromatic heterocycles. The Labute approximate surface area is 142 Å². The number of nitro benzene ring substituents is 1. The standard InChI is InChI=1S/C16H15ClN2O5/c1-10-13(16(20)18-4-6-23-7-5-18)9-15(24-10)12-3-2-11(17)8-14(12)19(21)22/h2-3,8-9H,4-7H2,1H3. The number of benzene rings is 1. The summed E-state index contributed by atoms with van der Waals surface area (Å²) in [5.41, 5.74) is 0.520. The lowest BCUT2D eigenvalue weighted by Gasteiger charge is -2.26. The Hall–Kier alpha value is -2.38. The summed E-state index contributed by atoms with van der Waals surface area (Å²) in [7, 11) is 0. The third kappa shape index (κ3) is 3.13. The van der Waals surface area contributed by atoms with Crippen LogP contribution >= 0.6 is 11.6 Å². The number of amides is 1. The van der Waals surface area contributed by atoms with E-state index in [4.69, 9.17) is 20.8 Å². The number of furan rings is 1. The number of morpholine rings is 1. The molecule has 0 unspecified atom stereocenters. The van der Waals surface area contributed by atoms with Crippen LogP contribution < -0.4 is 0 Å². The molecule has 0 spiro atoms. The van der Waals surface area contributed by atoms with E-state index < -0.39 is 4.92 Å². The van der Waals surface area contributed by atoms with Crippen LogP contribution in [0.2, 0.25) is 5.02 Å². The Morgan fingerprint density at radius 1 is 1.29 bits per heavy atom. The minimum absolute atomic E-state index is 0.164. The summed E-state index contributed by atoms with van der Waals surface area (Å²) in [5.74, 6) is 0.528. The van der Waals surface area contributed by atoms with Gasteiger partial charge in [-0.25, -0.2) is 0 Å². The predicted molar refractivity (Wildman–Crippen MR) is 87.3 cm³/mol. The molecule has 24 heavy (non-hydrogen) atoms. The highest BCUT2D eigenvalue weighted by atomic mass is 35.5. The number of carbonyl (C=O) groups excluding carboxylic acids is 1. The van der Waals surface area contributed by atoms with Gasteiger partial charge in [0.25, 0.3) is 11.6 Å². The number of aryl methyl sites for hydroxylation is 1. The Morgan fingerprint density at radius 3 is 2.67 bits per heavy atom. The molecule has 7 nitrogen and oxygen atoms in total. The van der Waals surface area contributed by atoms with Gasteiger partial charge in [0.2, 0.25) is 0 Å². The van der Waals surface area contributed by atoms with Gasteiger partial charge in [0.1, 0.15) is 11.5 Å². The number of halogens is 1. The lowest BCUT2D eigenvalue weighted by atomic mass is 10.1. The minimum Gasteiger partial charge on any atom is -0.460 e. The SMILES string of the molecule is Cc1oc(-c2ccc(Cl)cc2[N+](=O)[O-])cc1C(=O)N1CCOCC1. The van der Waals surface area contributed by atoms with Crippen molar-refractivity contribution in [3.05, 3.63) is 50.7 Å². The number of hydrogen-bond donors (Lipinski definition) is 0. The molecule has 0 radical (unpaired) electrons. The van der Waals surface area contributed by atoms with Gasteiger partial charge < -0.3 is 14.1 Å². The highest BCUT2D eigenvalue weighted by Crippen LogP contribution is 2.35. The van der Waals surface area contributed by atoms with Crippen molar-refractivity contribution in [1.29, 1.82) is 0 Å². The fraction of sp³-hybridized carbons (Fsp3) is 0.312. The summed E-state index contributed by atoms with van der Waals surface area (Å²) in [6, 6.07) is 5.87. The Kier molecular flexibility index (Phi) is 4.55. The van der Waals surface area contributed by atoms with Crippen LogP contribution in [-0.2, 0) is 4.74 Å². The lowest BCUT2D eigenvalue weighted by Crippen LogP contribution is -2.40. The Balaban J connectivity index is 1.97. The summed E-state index contributed by atoms with van der Waals surface area (Å²) in [4.78, 5) is 25.0. The molecule has 126 valence electrons. The third-order valence-corrected chi connectivity index (χ3v) is 4.10. The van der Waals surface area contributed by atoms with E-state index in [0.29, 0.717) is 37.6 Å². The molecule has 0 saturated carbocycles. The highest BCUT2D eigenvalue weighted by Gasteiger charge is 2.25. The molecule has 1 aromatic carbocycles. The van der Waals surface area contributed by atoms with E-state index in [1.54, 1.807) is 24.0 Å². The first kappa shape index (κ1) is 16.5. The van der Waals surface area contributed by atoms with Crippen molar-refractivity contribution in [1.82, 2.24) is 4.90 Å². The third-order valence-electron chi connectivity index (χ3n) is 3.87. The molecule has 0 bridgehead atoms. The monoisotopic (exact) mass is 350 g/mol. The van der Waals surface area contributed by atoms with Gasteiger partial charge in [-0.15, -0.1) is 0 Å². The molecule has 2 aromatic rings. The zero-order valence-corrected chi connectivity index (χ0v) is 13.7. The molecular weight excluding hydrogens is 336 g/mol. The topological polar surface area (TPSA) is 85.8 Å². The number of carbonyl (C=O) groups is 1. The molecule has 8 heteroatoms. The summed E-state index contributed by atoms with van der Waals surface area (Å²) < 4.78 is 10.9. The summed E-state index contributed by atoms with van der Waals surface area (Å²) in [6.07, 6.45) is 0. The second kappa shape index (κ2) is 6.62. The molecule has 1 amide bonds. The fourth-order valence-electron chi connectivity index (χ4n) is 2.63. The van der Waals surface area contributed by atoms with Crippen LogP contribution in [0.3, 0.4) is 0 Å². The van der Waals surface area contributed by atoms with E-state index in [1.165, 1.54) is 12.1 Å². The molecule has 0 aliphatic carbocycles. The zero-order chi connectivity index (χ0) is 17.3. The van der Waals surface area contributed by atoms with Crippen molar-refractivity contribution >= 4 is 23.2 Å². The van der Waals surface area contributed by atoms with Crippen LogP contribution in [0.4, 0.5) is 5.69 Å². The molecule has 3 rings (SSSR count). The molecule has 2 heterocycles. The first-order valence-corrected chi connectivity index (χ1v) is 7.77.